The van der Waals surface area contributed by atoms with Crippen molar-refractivity contribution in [3.8, 4) is 0 Å². The Hall–Kier alpha value is -2.04. The predicted octanol–water partition coefficient (Wildman–Crippen LogP) is 0.864. The van der Waals surface area contributed by atoms with Crippen LogP contribution in [-0.2, 0) is 11.3 Å². The van der Waals surface area contributed by atoms with Gasteiger partial charge in [0, 0.05) is 20.1 Å². The topological polar surface area (TPSA) is 53.9 Å². The fourth-order valence-corrected chi connectivity index (χ4v) is 1.83. The Balaban J connectivity index is 1.99. The van der Waals surface area contributed by atoms with Gasteiger partial charge in [0.25, 0.3) is 0 Å². The van der Waals surface area contributed by atoms with Gasteiger partial charge in [0.05, 0.1) is 19.2 Å². The summed E-state index contributed by atoms with van der Waals surface area (Å²) in [6, 6.07) is 7.39. The largest absolute Gasteiger partial charge is 0.465 e. The van der Waals surface area contributed by atoms with E-state index in [9.17, 15) is 4.79 Å². The van der Waals surface area contributed by atoms with Gasteiger partial charge in [0.15, 0.2) is 5.96 Å². The molecule has 1 N–H and O–H groups in total. The molecule has 1 heterocycles. The molecule has 0 amide bonds. The van der Waals surface area contributed by atoms with E-state index in [0.29, 0.717) is 12.1 Å². The Kier molecular flexibility index (Phi) is 3.82. The maximum atomic E-state index is 11.4. The molecule has 2 rings (SSSR count). The first-order valence-corrected chi connectivity index (χ1v) is 5.87. The second-order valence-electron chi connectivity index (χ2n) is 4.17. The van der Waals surface area contributed by atoms with Crippen LogP contribution >= 0.6 is 0 Å². The number of carbonyl (C=O) groups excluding carboxylic acids is 1. The number of benzene rings is 1. The molecule has 96 valence electrons. The third-order valence-electron chi connectivity index (χ3n) is 2.86. The van der Waals surface area contributed by atoms with E-state index in [1.54, 1.807) is 6.07 Å². The molecule has 1 aliphatic heterocycles. The molecule has 0 aliphatic carbocycles. The zero-order valence-corrected chi connectivity index (χ0v) is 10.6. The first kappa shape index (κ1) is 12.4. The lowest BCUT2D eigenvalue weighted by Crippen LogP contribution is -2.35. The van der Waals surface area contributed by atoms with Gasteiger partial charge in [-0.05, 0) is 17.7 Å². The minimum Gasteiger partial charge on any atom is -0.465 e. The number of ether oxygens (including phenoxy) is 1. The Bertz CT molecular complexity index is 471. The third-order valence-corrected chi connectivity index (χ3v) is 2.86. The molecule has 0 atom stereocenters. The van der Waals surface area contributed by atoms with Crippen molar-refractivity contribution in [1.29, 1.82) is 0 Å². The van der Waals surface area contributed by atoms with Gasteiger partial charge in [-0.1, -0.05) is 12.1 Å². The average Bonchev–Trinajstić information content (AvgIpc) is 2.81. The van der Waals surface area contributed by atoms with Gasteiger partial charge in [-0.3, -0.25) is 4.99 Å². The number of hydrogen-bond donors (Lipinski definition) is 1. The van der Waals surface area contributed by atoms with E-state index in [2.05, 4.69) is 15.2 Å². The van der Waals surface area contributed by atoms with Crippen LogP contribution < -0.4 is 5.32 Å². The SMILES string of the molecule is COC(=O)c1cccc(CNC2=NCCN2C)c1. The van der Waals surface area contributed by atoms with Crippen LogP contribution in [0.15, 0.2) is 29.3 Å². The number of carbonyl (C=O) groups is 1. The van der Waals surface area contributed by atoms with Crippen molar-refractivity contribution in [2.24, 2.45) is 4.99 Å². The van der Waals surface area contributed by atoms with Crippen molar-refractivity contribution in [2.75, 3.05) is 27.2 Å². The summed E-state index contributed by atoms with van der Waals surface area (Å²) in [7, 11) is 3.39. The van der Waals surface area contributed by atoms with Crippen LogP contribution in [-0.4, -0.2) is 44.1 Å². The summed E-state index contributed by atoms with van der Waals surface area (Å²) < 4.78 is 4.69. The Labute approximate surface area is 106 Å². The molecule has 0 saturated heterocycles. The number of likely N-dealkylation sites (N-methyl/N-ethyl adjacent to an activating group) is 1. The standard InChI is InChI=1S/C13H17N3O2/c1-16-7-6-14-13(16)15-9-10-4-3-5-11(8-10)12(17)18-2/h3-5,8H,6-7,9H2,1-2H3,(H,14,15). The maximum Gasteiger partial charge on any atom is 0.337 e. The van der Waals surface area contributed by atoms with Gasteiger partial charge < -0.3 is 15.0 Å². The average molecular weight is 247 g/mol. The van der Waals surface area contributed by atoms with E-state index >= 15 is 0 Å². The molecule has 0 aromatic heterocycles. The maximum absolute atomic E-state index is 11.4. The van der Waals surface area contributed by atoms with E-state index in [1.165, 1.54) is 7.11 Å². The number of aliphatic imine (C=N–C) groups is 1. The lowest BCUT2D eigenvalue weighted by Gasteiger charge is -2.15. The summed E-state index contributed by atoms with van der Waals surface area (Å²) in [4.78, 5) is 17.8. The van der Waals surface area contributed by atoms with Crippen molar-refractivity contribution in [1.82, 2.24) is 10.2 Å². The number of nitrogens with zero attached hydrogens (tertiary/aromatic N) is 2. The van der Waals surface area contributed by atoms with Gasteiger partial charge in [-0.15, -0.1) is 0 Å². The smallest absolute Gasteiger partial charge is 0.337 e. The van der Waals surface area contributed by atoms with Gasteiger partial charge >= 0.3 is 5.97 Å². The van der Waals surface area contributed by atoms with Crippen LogP contribution in [0.25, 0.3) is 0 Å². The monoisotopic (exact) mass is 247 g/mol. The number of nitrogens with one attached hydrogen (secondary N) is 1. The molecule has 1 aromatic carbocycles. The van der Waals surface area contributed by atoms with E-state index < -0.39 is 0 Å². The van der Waals surface area contributed by atoms with Crippen molar-refractivity contribution < 1.29 is 9.53 Å². The fraction of sp³-hybridized carbons (Fsp3) is 0.385. The van der Waals surface area contributed by atoms with Crippen LogP contribution in [0.3, 0.4) is 0 Å². The number of guanidine groups is 1. The fourth-order valence-electron chi connectivity index (χ4n) is 1.83. The Morgan fingerprint density at radius 2 is 2.39 bits per heavy atom. The summed E-state index contributed by atoms with van der Waals surface area (Å²) in [5, 5.41) is 3.26. The molecule has 1 aromatic rings. The molecule has 0 unspecified atom stereocenters. The number of methoxy groups -OCH3 is 1. The van der Waals surface area contributed by atoms with Gasteiger partial charge in [0.2, 0.25) is 0 Å². The van der Waals surface area contributed by atoms with Gasteiger partial charge in [0.1, 0.15) is 0 Å². The van der Waals surface area contributed by atoms with Crippen molar-refractivity contribution in [3.63, 3.8) is 0 Å². The lowest BCUT2D eigenvalue weighted by atomic mass is 10.1. The van der Waals surface area contributed by atoms with E-state index in [1.807, 2.05) is 25.2 Å². The zero-order chi connectivity index (χ0) is 13.0. The minimum atomic E-state index is -0.313. The molecule has 5 nitrogen and oxygen atoms in total. The first-order chi connectivity index (χ1) is 8.70. The number of hydrogen-bond acceptors (Lipinski definition) is 5. The normalized spacial score (nSPS) is 14.3. The van der Waals surface area contributed by atoms with E-state index in [0.717, 1.165) is 24.6 Å². The molecular formula is C13H17N3O2. The molecule has 0 radical (unpaired) electrons. The van der Waals surface area contributed by atoms with Crippen LogP contribution in [0.2, 0.25) is 0 Å². The van der Waals surface area contributed by atoms with Crippen molar-refractivity contribution in [3.05, 3.63) is 35.4 Å². The number of rotatable bonds is 3. The Morgan fingerprint density at radius 1 is 1.56 bits per heavy atom. The van der Waals surface area contributed by atoms with Crippen molar-refractivity contribution in [2.45, 2.75) is 6.54 Å². The quantitative estimate of drug-likeness (QED) is 0.805. The molecule has 0 fully saturated rings. The highest BCUT2D eigenvalue weighted by Gasteiger charge is 2.11. The highest BCUT2D eigenvalue weighted by atomic mass is 16.5. The minimum absolute atomic E-state index is 0.313. The van der Waals surface area contributed by atoms with Crippen LogP contribution in [0, 0.1) is 0 Å². The highest BCUT2D eigenvalue weighted by Crippen LogP contribution is 2.07. The second-order valence-corrected chi connectivity index (χ2v) is 4.17. The summed E-state index contributed by atoms with van der Waals surface area (Å²) in [5.41, 5.74) is 1.60. The summed E-state index contributed by atoms with van der Waals surface area (Å²) >= 11 is 0. The van der Waals surface area contributed by atoms with E-state index in [-0.39, 0.29) is 5.97 Å². The molecule has 18 heavy (non-hydrogen) atoms. The molecule has 1 aliphatic rings. The molecule has 5 heteroatoms. The highest BCUT2D eigenvalue weighted by molar-refractivity contribution is 5.89. The molecular weight excluding hydrogens is 230 g/mol. The molecule has 0 saturated carbocycles. The lowest BCUT2D eigenvalue weighted by molar-refractivity contribution is 0.0600. The number of esters is 1. The van der Waals surface area contributed by atoms with Gasteiger partial charge in [-0.25, -0.2) is 4.79 Å². The predicted molar refractivity (Wildman–Crippen MR) is 69.6 cm³/mol. The van der Waals surface area contributed by atoms with Crippen LogP contribution in [0.4, 0.5) is 0 Å². The van der Waals surface area contributed by atoms with Crippen LogP contribution in [0.1, 0.15) is 15.9 Å². The third kappa shape index (κ3) is 2.80. The molecule has 0 spiro atoms. The second kappa shape index (κ2) is 5.53. The van der Waals surface area contributed by atoms with E-state index in [4.69, 9.17) is 4.74 Å². The van der Waals surface area contributed by atoms with Crippen molar-refractivity contribution >= 4 is 11.9 Å². The Morgan fingerprint density at radius 3 is 3.06 bits per heavy atom. The zero-order valence-electron chi connectivity index (χ0n) is 10.6. The summed E-state index contributed by atoms with van der Waals surface area (Å²) in [6.45, 7) is 2.43. The van der Waals surface area contributed by atoms with Gasteiger partial charge in [-0.2, -0.15) is 0 Å². The molecule has 0 bridgehead atoms. The summed E-state index contributed by atoms with van der Waals surface area (Å²) in [5.74, 6) is 0.589. The summed E-state index contributed by atoms with van der Waals surface area (Å²) in [6.07, 6.45) is 0. The van der Waals surface area contributed by atoms with Crippen LogP contribution in [0.5, 0.6) is 0 Å². The first-order valence-electron chi connectivity index (χ1n) is 5.87.